The number of imide groups is 1. The number of halogens is 1. The highest BCUT2D eigenvalue weighted by Gasteiger charge is 2.56. The van der Waals surface area contributed by atoms with E-state index >= 15 is 0 Å². The number of hydrogen-bond acceptors (Lipinski definition) is 5. The third-order valence-electron chi connectivity index (χ3n) is 6.95. The molecule has 5 rings (SSSR count). The zero-order valence-electron chi connectivity index (χ0n) is 18.6. The minimum atomic E-state index is -0.396. The van der Waals surface area contributed by atoms with Gasteiger partial charge in [-0.05, 0) is 61.2 Å². The third kappa shape index (κ3) is 3.50. The number of fused-ring (bicyclic) bond motifs is 3. The molecule has 3 aliphatic heterocycles. The number of urea groups is 1. The first-order chi connectivity index (χ1) is 15.3. The lowest BCUT2D eigenvalue weighted by Crippen LogP contribution is -2.66. The van der Waals surface area contributed by atoms with Gasteiger partial charge in [-0.15, -0.1) is 0 Å². The highest BCUT2D eigenvalue weighted by Crippen LogP contribution is 2.34. The van der Waals surface area contributed by atoms with Crippen molar-refractivity contribution in [3.05, 3.63) is 63.6 Å². The van der Waals surface area contributed by atoms with Crippen LogP contribution >= 0.6 is 15.9 Å². The number of carbonyl (C=O) groups is 2. The van der Waals surface area contributed by atoms with Crippen molar-refractivity contribution in [3.8, 4) is 0 Å². The van der Waals surface area contributed by atoms with E-state index in [0.29, 0.717) is 0 Å². The smallest absolute Gasteiger partial charge is 0.328 e. The summed E-state index contributed by atoms with van der Waals surface area (Å²) in [5.41, 5.74) is 4.58. The maximum Gasteiger partial charge on any atom is 0.328 e. The Morgan fingerprint density at radius 2 is 1.78 bits per heavy atom. The number of aryl methyl sites for hydroxylation is 2. The second-order valence-corrected chi connectivity index (χ2v) is 9.84. The second-order valence-electron chi connectivity index (χ2n) is 8.93. The van der Waals surface area contributed by atoms with Crippen molar-refractivity contribution in [2.45, 2.75) is 45.3 Å². The number of rotatable bonds is 3. The number of carbonyl (C=O) groups excluding carboxylic acids is 2. The minimum absolute atomic E-state index is 0.118. The number of amides is 3. The lowest BCUT2D eigenvalue weighted by molar-refractivity contribution is -0.139. The summed E-state index contributed by atoms with van der Waals surface area (Å²) in [4.78, 5) is 34.4. The normalized spacial score (nSPS) is 25.9. The molecule has 3 atom stereocenters. The first kappa shape index (κ1) is 21.4. The van der Waals surface area contributed by atoms with Crippen LogP contribution in [0.1, 0.15) is 23.1 Å². The van der Waals surface area contributed by atoms with Crippen molar-refractivity contribution in [2.75, 3.05) is 25.0 Å². The van der Waals surface area contributed by atoms with Gasteiger partial charge in [-0.25, -0.2) is 4.79 Å². The molecule has 0 radical (unpaired) electrons. The van der Waals surface area contributed by atoms with Crippen LogP contribution in [0, 0.1) is 13.8 Å². The number of hydrogen-bond donors (Lipinski definition) is 1. The average Bonchev–Trinajstić information content (AvgIpc) is 3.18. The molecule has 0 saturated carbocycles. The third-order valence-corrected chi connectivity index (χ3v) is 7.47. The molecule has 0 aromatic heterocycles. The van der Waals surface area contributed by atoms with Gasteiger partial charge in [-0.3, -0.25) is 19.9 Å². The van der Waals surface area contributed by atoms with Gasteiger partial charge < -0.3 is 9.80 Å². The van der Waals surface area contributed by atoms with Gasteiger partial charge in [0.2, 0.25) is 0 Å². The van der Waals surface area contributed by atoms with Crippen LogP contribution in [0.15, 0.2) is 46.9 Å². The first-order valence-electron chi connectivity index (χ1n) is 11.0. The summed E-state index contributed by atoms with van der Waals surface area (Å²) >= 11 is 3.44. The number of nitrogens with zero attached hydrogens (tertiary/aromatic N) is 4. The lowest BCUT2D eigenvalue weighted by atomic mass is 10.1. The molecule has 3 amide bonds. The maximum absolute atomic E-state index is 13.6. The van der Waals surface area contributed by atoms with Gasteiger partial charge >= 0.3 is 6.03 Å². The summed E-state index contributed by atoms with van der Waals surface area (Å²) in [5.74, 6) is -0.127. The monoisotopic (exact) mass is 497 g/mol. The lowest BCUT2D eigenvalue weighted by Gasteiger charge is -2.44. The Balaban J connectivity index is 1.43. The Kier molecular flexibility index (Phi) is 5.47. The van der Waals surface area contributed by atoms with Crippen LogP contribution in [-0.4, -0.2) is 65.3 Å². The van der Waals surface area contributed by atoms with Gasteiger partial charge in [-0.1, -0.05) is 34.1 Å². The van der Waals surface area contributed by atoms with Crippen LogP contribution in [0.2, 0.25) is 0 Å². The average molecular weight is 498 g/mol. The summed E-state index contributed by atoms with van der Waals surface area (Å²) in [5, 5.41) is 3.58. The molecule has 3 heterocycles. The van der Waals surface area contributed by atoms with Crippen LogP contribution in [0.3, 0.4) is 0 Å². The summed E-state index contributed by atoms with van der Waals surface area (Å²) in [7, 11) is 1.78. The topological polar surface area (TPSA) is 59.1 Å². The van der Waals surface area contributed by atoms with Crippen LogP contribution in [-0.2, 0) is 11.3 Å². The zero-order chi connectivity index (χ0) is 22.6. The summed E-state index contributed by atoms with van der Waals surface area (Å²) in [6.07, 6.45) is 0.507. The van der Waals surface area contributed by atoms with Crippen molar-refractivity contribution in [2.24, 2.45) is 0 Å². The molecule has 32 heavy (non-hydrogen) atoms. The Hall–Kier alpha value is -2.42. The molecule has 3 unspecified atom stereocenters. The molecule has 0 aliphatic carbocycles. The molecule has 8 heteroatoms. The van der Waals surface area contributed by atoms with Gasteiger partial charge in [0.15, 0.2) is 0 Å². The molecule has 3 aliphatic rings. The molecule has 2 aromatic rings. The molecule has 2 aromatic carbocycles. The fraction of sp³-hybridized carbons (Fsp3) is 0.417. The van der Waals surface area contributed by atoms with Gasteiger partial charge in [-0.2, -0.15) is 0 Å². The SMILES string of the molecule is Cc1ccc(N2CCCN3C4C(=O)N(Cc5ccc(Br)cc5)C(=O)N(C)C4NC23)cc1C. The van der Waals surface area contributed by atoms with Gasteiger partial charge in [0.1, 0.15) is 18.5 Å². The van der Waals surface area contributed by atoms with E-state index in [0.717, 1.165) is 35.2 Å². The molecule has 1 N–H and O–H groups in total. The van der Waals surface area contributed by atoms with Crippen molar-refractivity contribution >= 4 is 33.6 Å². The summed E-state index contributed by atoms with van der Waals surface area (Å²) in [6.45, 7) is 6.24. The Morgan fingerprint density at radius 3 is 2.50 bits per heavy atom. The van der Waals surface area contributed by atoms with Gasteiger partial charge in [0.05, 0.1) is 6.54 Å². The number of anilines is 1. The van der Waals surface area contributed by atoms with Crippen LogP contribution in [0.25, 0.3) is 0 Å². The summed E-state index contributed by atoms with van der Waals surface area (Å²) < 4.78 is 0.970. The Labute approximate surface area is 197 Å². The first-order valence-corrected chi connectivity index (χ1v) is 11.8. The highest BCUT2D eigenvalue weighted by atomic mass is 79.9. The van der Waals surface area contributed by atoms with Crippen LogP contribution in [0.5, 0.6) is 0 Å². The minimum Gasteiger partial charge on any atom is -0.343 e. The second kappa shape index (κ2) is 8.17. The van der Waals surface area contributed by atoms with E-state index in [9.17, 15) is 9.59 Å². The largest absolute Gasteiger partial charge is 0.343 e. The number of benzene rings is 2. The molecule has 0 spiro atoms. The summed E-state index contributed by atoms with van der Waals surface area (Å²) in [6, 6.07) is 13.6. The molecule has 3 saturated heterocycles. The van der Waals surface area contributed by atoms with Crippen molar-refractivity contribution < 1.29 is 9.59 Å². The van der Waals surface area contributed by atoms with E-state index < -0.39 is 6.04 Å². The molecular weight excluding hydrogens is 470 g/mol. The molecule has 168 valence electrons. The predicted molar refractivity (Wildman–Crippen MR) is 127 cm³/mol. The fourth-order valence-electron chi connectivity index (χ4n) is 5.01. The van der Waals surface area contributed by atoms with Crippen LogP contribution < -0.4 is 10.2 Å². The number of likely N-dealkylation sites (N-methyl/N-ethyl adjacent to an activating group) is 1. The zero-order valence-corrected chi connectivity index (χ0v) is 20.2. The quantitative estimate of drug-likeness (QED) is 0.705. The van der Waals surface area contributed by atoms with E-state index in [4.69, 9.17) is 0 Å². The molecule has 0 bridgehead atoms. The highest BCUT2D eigenvalue weighted by molar-refractivity contribution is 9.10. The van der Waals surface area contributed by atoms with Gasteiger partial charge in [0, 0.05) is 30.3 Å². The van der Waals surface area contributed by atoms with Crippen molar-refractivity contribution in [1.29, 1.82) is 0 Å². The maximum atomic E-state index is 13.6. The van der Waals surface area contributed by atoms with Gasteiger partial charge in [0.25, 0.3) is 5.91 Å². The Bertz CT molecular complexity index is 1060. The van der Waals surface area contributed by atoms with E-state index in [2.05, 4.69) is 63.1 Å². The van der Waals surface area contributed by atoms with Crippen molar-refractivity contribution in [3.63, 3.8) is 0 Å². The molecular formula is C24H28BrN5O2. The van der Waals surface area contributed by atoms with Crippen LogP contribution in [0.4, 0.5) is 10.5 Å². The fourth-order valence-corrected chi connectivity index (χ4v) is 5.27. The Morgan fingerprint density at radius 1 is 1.03 bits per heavy atom. The standard InChI is InChI=1S/C24H28BrN5O2/c1-15-5-10-19(13-16(15)2)28-11-4-12-29-20-21(26-23(28)29)27(3)24(32)30(22(20)31)14-17-6-8-18(25)9-7-17/h5-10,13,20-21,23,26H,4,11-12,14H2,1-3H3. The van der Waals surface area contributed by atoms with E-state index in [1.807, 2.05) is 24.3 Å². The van der Waals surface area contributed by atoms with E-state index in [-0.39, 0.29) is 30.9 Å². The molecule has 7 nitrogen and oxygen atoms in total. The van der Waals surface area contributed by atoms with E-state index in [1.54, 1.807) is 11.9 Å². The number of nitrogens with one attached hydrogen (secondary N) is 1. The predicted octanol–water partition coefficient (Wildman–Crippen LogP) is 3.25. The van der Waals surface area contributed by atoms with Crippen molar-refractivity contribution in [1.82, 2.24) is 20.0 Å². The van der Waals surface area contributed by atoms with E-state index in [1.165, 1.54) is 16.0 Å². The molecule has 3 fully saturated rings.